The molecule has 10 heavy (non-hydrogen) atoms. The van der Waals surface area contributed by atoms with Gasteiger partial charge in [0.05, 0.1) is 18.3 Å². The first-order valence-corrected chi connectivity index (χ1v) is 5.13. The van der Waals surface area contributed by atoms with Gasteiger partial charge in [0.15, 0.2) is 7.26 Å². The van der Waals surface area contributed by atoms with Gasteiger partial charge < -0.3 is 0 Å². The predicted molar refractivity (Wildman–Crippen MR) is 37.2 cm³/mol. The Hall–Kier alpha value is -0.300. The van der Waals surface area contributed by atoms with Gasteiger partial charge >= 0.3 is 5.92 Å². The fourth-order valence-electron chi connectivity index (χ4n) is 0.676. The first-order valence-electron chi connectivity index (χ1n) is 2.75. The van der Waals surface area contributed by atoms with Gasteiger partial charge in [-0.1, -0.05) is 0 Å². The standard InChI is InChI=1S/C6H7F3P/c1-10(6(7,8)9)4-2-3-5-10/h2-5H,1H3/q+1. The topological polar surface area (TPSA) is 0 Å². The van der Waals surface area contributed by atoms with Crippen molar-refractivity contribution in [1.82, 2.24) is 0 Å². The van der Waals surface area contributed by atoms with Gasteiger partial charge in [0.2, 0.25) is 0 Å². The summed E-state index contributed by atoms with van der Waals surface area (Å²) in [5.41, 5.74) is 0. The molecular weight excluding hydrogens is 160 g/mol. The van der Waals surface area contributed by atoms with E-state index >= 15 is 0 Å². The van der Waals surface area contributed by atoms with Gasteiger partial charge in [-0.2, -0.15) is 0 Å². The minimum absolute atomic E-state index is 1.26. The number of alkyl halides is 3. The molecule has 0 radical (unpaired) electrons. The van der Waals surface area contributed by atoms with Gasteiger partial charge in [-0.25, -0.2) is 0 Å². The third-order valence-electron chi connectivity index (χ3n) is 1.45. The molecule has 0 aromatic rings. The van der Waals surface area contributed by atoms with Crippen molar-refractivity contribution in [1.29, 1.82) is 0 Å². The van der Waals surface area contributed by atoms with Crippen LogP contribution in [0.2, 0.25) is 0 Å². The van der Waals surface area contributed by atoms with Crippen LogP contribution < -0.4 is 0 Å². The van der Waals surface area contributed by atoms with E-state index in [1.165, 1.54) is 30.5 Å². The molecule has 4 heteroatoms. The van der Waals surface area contributed by atoms with Crippen LogP contribution in [0.15, 0.2) is 23.8 Å². The Morgan fingerprint density at radius 2 is 1.50 bits per heavy atom. The summed E-state index contributed by atoms with van der Waals surface area (Å²) in [5.74, 6) is -1.53. The molecule has 0 saturated carbocycles. The minimum Gasteiger partial charge on any atom is -0.134 e. The van der Waals surface area contributed by atoms with Gasteiger partial charge in [-0.05, 0) is 12.2 Å². The van der Waals surface area contributed by atoms with E-state index in [0.29, 0.717) is 0 Å². The third kappa shape index (κ3) is 1.10. The Morgan fingerprint density at radius 1 is 1.10 bits per heavy atom. The van der Waals surface area contributed by atoms with E-state index in [9.17, 15) is 13.2 Å². The molecule has 0 unspecified atom stereocenters. The summed E-state index contributed by atoms with van der Waals surface area (Å²) >= 11 is 0. The van der Waals surface area contributed by atoms with Crippen molar-refractivity contribution in [2.24, 2.45) is 0 Å². The largest absolute Gasteiger partial charge is 0.517 e. The van der Waals surface area contributed by atoms with Crippen molar-refractivity contribution in [2.75, 3.05) is 6.66 Å². The second-order valence-electron chi connectivity index (χ2n) is 2.30. The molecule has 0 aliphatic carbocycles. The minimum atomic E-state index is -4.05. The maximum Gasteiger partial charge on any atom is 0.517 e. The molecule has 0 saturated heterocycles. The molecule has 1 aliphatic rings. The average molecular weight is 167 g/mol. The molecule has 1 aliphatic heterocycles. The lowest BCUT2D eigenvalue weighted by Gasteiger charge is -2.13. The zero-order valence-electron chi connectivity index (χ0n) is 5.39. The summed E-state index contributed by atoms with van der Waals surface area (Å²) in [6.07, 6.45) is 2.92. The smallest absolute Gasteiger partial charge is 0.134 e. The number of allylic oxidation sites excluding steroid dienone is 2. The average Bonchev–Trinajstić information content (AvgIpc) is 2.13. The molecule has 56 valence electrons. The molecular formula is C6H7F3P+. The quantitative estimate of drug-likeness (QED) is 0.486. The molecule has 1 heterocycles. The van der Waals surface area contributed by atoms with E-state index in [0.717, 1.165) is 0 Å². The summed E-state index contributed by atoms with van der Waals surface area (Å²) in [4.78, 5) is 0. The van der Waals surface area contributed by atoms with Crippen LogP contribution in [0, 0.1) is 0 Å². The van der Waals surface area contributed by atoms with Crippen LogP contribution in [-0.2, 0) is 0 Å². The number of rotatable bonds is 0. The Labute approximate surface area is 57.8 Å². The maximum absolute atomic E-state index is 12.1. The van der Waals surface area contributed by atoms with Crippen LogP contribution in [0.25, 0.3) is 0 Å². The lowest BCUT2D eigenvalue weighted by molar-refractivity contribution is -0.0410. The van der Waals surface area contributed by atoms with Gasteiger partial charge in [0.25, 0.3) is 0 Å². The second kappa shape index (κ2) is 2.09. The van der Waals surface area contributed by atoms with Crippen LogP contribution in [0.3, 0.4) is 0 Å². The van der Waals surface area contributed by atoms with E-state index < -0.39 is 13.2 Å². The van der Waals surface area contributed by atoms with Crippen molar-refractivity contribution < 1.29 is 13.2 Å². The SMILES string of the molecule is C[P+]1(C(F)(F)F)C=CC=C1. The summed E-state index contributed by atoms with van der Waals surface area (Å²) in [7, 11) is -2.86. The summed E-state index contributed by atoms with van der Waals surface area (Å²) in [6, 6.07) is 0. The van der Waals surface area contributed by atoms with Crippen molar-refractivity contribution >= 4 is 7.26 Å². The van der Waals surface area contributed by atoms with E-state index in [1.54, 1.807) is 0 Å². The first-order chi connectivity index (χ1) is 4.46. The molecule has 0 bridgehead atoms. The van der Waals surface area contributed by atoms with Gasteiger partial charge in [-0.15, -0.1) is 13.2 Å². The van der Waals surface area contributed by atoms with Crippen molar-refractivity contribution in [3.8, 4) is 0 Å². The molecule has 0 aromatic heterocycles. The van der Waals surface area contributed by atoms with Crippen LogP contribution in [0.1, 0.15) is 0 Å². The Kier molecular flexibility index (Phi) is 1.63. The summed E-state index contributed by atoms with van der Waals surface area (Å²) in [5, 5.41) is 0. The molecule has 0 amide bonds. The van der Waals surface area contributed by atoms with E-state index in [1.807, 2.05) is 0 Å². The molecule has 0 N–H and O–H groups in total. The second-order valence-corrected chi connectivity index (χ2v) is 5.70. The maximum atomic E-state index is 12.1. The summed E-state index contributed by atoms with van der Waals surface area (Å²) in [6.45, 7) is 1.26. The van der Waals surface area contributed by atoms with Crippen LogP contribution in [-0.4, -0.2) is 12.6 Å². The summed E-state index contributed by atoms with van der Waals surface area (Å²) < 4.78 is 36.3. The normalized spacial score (nSPS) is 22.0. The zero-order valence-corrected chi connectivity index (χ0v) is 6.28. The van der Waals surface area contributed by atoms with Gasteiger partial charge in [0.1, 0.15) is 0 Å². The van der Waals surface area contributed by atoms with Gasteiger partial charge in [-0.3, -0.25) is 0 Å². The van der Waals surface area contributed by atoms with E-state index in [4.69, 9.17) is 0 Å². The Balaban J connectivity index is 2.90. The van der Waals surface area contributed by atoms with Crippen LogP contribution in [0.4, 0.5) is 13.2 Å². The van der Waals surface area contributed by atoms with E-state index in [2.05, 4.69) is 0 Å². The van der Waals surface area contributed by atoms with Crippen molar-refractivity contribution in [3.63, 3.8) is 0 Å². The lowest BCUT2D eigenvalue weighted by atomic mass is 10.6. The molecule has 0 atom stereocenters. The van der Waals surface area contributed by atoms with Crippen molar-refractivity contribution in [2.45, 2.75) is 5.92 Å². The van der Waals surface area contributed by atoms with E-state index in [-0.39, 0.29) is 0 Å². The van der Waals surface area contributed by atoms with Gasteiger partial charge in [0, 0.05) is 0 Å². The monoisotopic (exact) mass is 167 g/mol. The molecule has 0 spiro atoms. The fourth-order valence-corrected chi connectivity index (χ4v) is 2.03. The molecule has 0 nitrogen and oxygen atoms in total. The highest BCUT2D eigenvalue weighted by molar-refractivity contribution is 7.82. The zero-order chi connectivity index (χ0) is 7.83. The first kappa shape index (κ1) is 7.80. The van der Waals surface area contributed by atoms with Crippen LogP contribution in [0.5, 0.6) is 0 Å². The number of halogens is 3. The van der Waals surface area contributed by atoms with Crippen LogP contribution >= 0.6 is 7.26 Å². The molecule has 0 fully saturated rings. The number of hydrogen-bond acceptors (Lipinski definition) is 0. The lowest BCUT2D eigenvalue weighted by Crippen LogP contribution is -2.09. The fraction of sp³-hybridized carbons (Fsp3) is 0.333. The Bertz CT molecular complexity index is 178. The van der Waals surface area contributed by atoms with Crippen molar-refractivity contribution in [3.05, 3.63) is 23.8 Å². The molecule has 0 aromatic carbocycles. The predicted octanol–water partition coefficient (Wildman–Crippen LogP) is 3.19. The highest BCUT2D eigenvalue weighted by Crippen LogP contribution is 2.72. The highest BCUT2D eigenvalue weighted by atomic mass is 31.2. The third-order valence-corrected chi connectivity index (χ3v) is 4.12. The molecule has 1 rings (SSSR count). The Morgan fingerprint density at radius 3 is 1.70 bits per heavy atom. The number of hydrogen-bond donors (Lipinski definition) is 0. The highest BCUT2D eigenvalue weighted by Gasteiger charge is 2.57.